The molecule has 3 atom stereocenters. The van der Waals surface area contributed by atoms with E-state index in [0.717, 1.165) is 27.8 Å². The maximum atomic E-state index is 15.4. The Labute approximate surface area is 430 Å². The van der Waals surface area contributed by atoms with Gasteiger partial charge in [0.15, 0.2) is 5.78 Å². The topological polar surface area (TPSA) is 236 Å². The van der Waals surface area contributed by atoms with Crippen LogP contribution in [-0.4, -0.2) is 95.8 Å². The first-order valence-corrected chi connectivity index (χ1v) is 25.2. The molecule has 10 rings (SSSR count). The molecule has 1 unspecified atom stereocenters. The van der Waals surface area contributed by atoms with Crippen LogP contribution in [0.25, 0.3) is 33.4 Å². The number of halogens is 1. The highest BCUT2D eigenvalue weighted by atomic mass is 19.1. The third-order valence-corrected chi connectivity index (χ3v) is 15.2. The van der Waals surface area contributed by atoms with Crippen LogP contribution in [0.1, 0.15) is 88.1 Å². The van der Waals surface area contributed by atoms with Crippen LogP contribution in [0.4, 0.5) is 9.18 Å². The summed E-state index contributed by atoms with van der Waals surface area (Å²) in [6.07, 6.45) is 1.34. The van der Waals surface area contributed by atoms with Crippen molar-refractivity contribution >= 4 is 46.4 Å². The summed E-state index contributed by atoms with van der Waals surface area (Å²) in [5, 5.41) is 24.6. The number of hydrogen-bond donors (Lipinski definition) is 6. The van der Waals surface area contributed by atoms with Gasteiger partial charge in [-0.3, -0.25) is 28.8 Å². The zero-order valence-electron chi connectivity index (χ0n) is 41.5. The largest absolute Gasteiger partial charge is 0.449 e. The van der Waals surface area contributed by atoms with Crippen molar-refractivity contribution in [3.8, 4) is 22.5 Å². The maximum Gasteiger partial charge on any atom is 0.407 e. The van der Waals surface area contributed by atoms with Crippen molar-refractivity contribution in [1.29, 1.82) is 0 Å². The first-order valence-electron chi connectivity index (χ1n) is 25.2. The van der Waals surface area contributed by atoms with Crippen molar-refractivity contribution in [3.63, 3.8) is 0 Å². The van der Waals surface area contributed by atoms with Crippen molar-refractivity contribution in [2.75, 3.05) is 39.6 Å². The van der Waals surface area contributed by atoms with E-state index < -0.39 is 72.7 Å². The maximum absolute atomic E-state index is 15.4. The number of alkyl carbamates (subject to hydrolysis) is 1. The van der Waals surface area contributed by atoms with Crippen LogP contribution in [0.15, 0.2) is 95.8 Å². The molecule has 0 fully saturated rings. The van der Waals surface area contributed by atoms with Gasteiger partial charge in [-0.1, -0.05) is 85.8 Å². The van der Waals surface area contributed by atoms with Crippen molar-refractivity contribution in [1.82, 2.24) is 36.1 Å². The molecule has 1 aliphatic heterocycles. The van der Waals surface area contributed by atoms with E-state index in [1.165, 1.54) is 6.07 Å². The van der Waals surface area contributed by atoms with E-state index in [1.807, 2.05) is 61.5 Å². The molecule has 4 aromatic carbocycles. The summed E-state index contributed by atoms with van der Waals surface area (Å²) in [4.78, 5) is 97.7. The number of fused-ring (bicyclic) bond motifs is 8. The number of ketones is 1. The molecule has 2 aromatic heterocycles. The fourth-order valence-corrected chi connectivity index (χ4v) is 11.2. The highest BCUT2D eigenvalue weighted by Gasteiger charge is 2.42. The molecular formula is C57H56FN7O10. The van der Waals surface area contributed by atoms with Crippen LogP contribution in [0.3, 0.4) is 0 Å². The first kappa shape index (κ1) is 50.4. The second-order valence-electron chi connectivity index (χ2n) is 19.5. The second kappa shape index (κ2) is 21.0. The van der Waals surface area contributed by atoms with Crippen LogP contribution in [0.2, 0.25) is 0 Å². The fourth-order valence-electron chi connectivity index (χ4n) is 11.2. The molecular weight excluding hydrogens is 962 g/mol. The first-order chi connectivity index (χ1) is 36.2. The van der Waals surface area contributed by atoms with Crippen molar-refractivity contribution in [2.45, 2.75) is 82.4 Å². The zero-order valence-corrected chi connectivity index (χ0v) is 41.5. The minimum absolute atomic E-state index is 0.0580. The second-order valence-corrected chi connectivity index (χ2v) is 19.5. The number of benzene rings is 4. The number of amides is 5. The number of ether oxygens (including phenoxy) is 2. The molecule has 0 saturated heterocycles. The number of nitrogens with zero attached hydrogens (tertiary/aromatic N) is 2. The normalized spacial score (nSPS) is 16.9. The highest BCUT2D eigenvalue weighted by Crippen LogP contribution is 2.48. The average molecular weight is 1020 g/mol. The number of aromatic nitrogens is 2. The van der Waals surface area contributed by atoms with E-state index in [4.69, 9.17) is 14.5 Å². The lowest BCUT2D eigenvalue weighted by atomic mass is 9.76. The molecule has 0 bridgehead atoms. The molecule has 3 heterocycles. The van der Waals surface area contributed by atoms with Gasteiger partial charge in [-0.15, -0.1) is 0 Å². The van der Waals surface area contributed by atoms with E-state index in [-0.39, 0.29) is 50.2 Å². The predicted molar refractivity (Wildman–Crippen MR) is 274 cm³/mol. The smallest absolute Gasteiger partial charge is 0.407 e. The summed E-state index contributed by atoms with van der Waals surface area (Å²) in [6.45, 7) is 1.57. The van der Waals surface area contributed by atoms with Gasteiger partial charge >= 0.3 is 6.09 Å². The Morgan fingerprint density at radius 2 is 1.51 bits per heavy atom. The number of Topliss-reactive ketones (excluding diaryl/α,β-unsaturated/α-hetero) is 1. The molecule has 5 amide bonds. The summed E-state index contributed by atoms with van der Waals surface area (Å²) in [5.74, 6) is -4.24. The van der Waals surface area contributed by atoms with Gasteiger partial charge in [0, 0.05) is 40.8 Å². The number of nitrogens with one attached hydrogen (secondary N) is 5. The predicted octanol–water partition coefficient (Wildman–Crippen LogP) is 4.60. The van der Waals surface area contributed by atoms with Crippen LogP contribution in [0.5, 0.6) is 0 Å². The van der Waals surface area contributed by atoms with Gasteiger partial charge in [-0.2, -0.15) is 0 Å². The molecule has 0 saturated carbocycles. The lowest BCUT2D eigenvalue weighted by Gasteiger charge is -2.28. The monoisotopic (exact) mass is 1020 g/mol. The van der Waals surface area contributed by atoms with Gasteiger partial charge in [-0.05, 0) is 95.2 Å². The van der Waals surface area contributed by atoms with Crippen LogP contribution < -0.4 is 32.1 Å². The van der Waals surface area contributed by atoms with Crippen molar-refractivity contribution < 1.29 is 47.7 Å². The van der Waals surface area contributed by atoms with Gasteiger partial charge in [0.2, 0.25) is 23.6 Å². The Kier molecular flexibility index (Phi) is 14.1. The summed E-state index contributed by atoms with van der Waals surface area (Å²) in [7, 11) is 0. The molecule has 4 aliphatic rings. The number of carbonyl (C=O) groups is 6. The van der Waals surface area contributed by atoms with Gasteiger partial charge in [0.05, 0.1) is 42.1 Å². The molecule has 3 aliphatic carbocycles. The zero-order chi connectivity index (χ0) is 52.5. The summed E-state index contributed by atoms with van der Waals surface area (Å²) in [5.41, 5.74) is 8.71. The number of pyridine rings is 2. The lowest BCUT2D eigenvalue weighted by molar-refractivity contribution is -0.131. The number of rotatable bonds is 18. The van der Waals surface area contributed by atoms with Gasteiger partial charge in [0.25, 0.3) is 5.56 Å². The van der Waals surface area contributed by atoms with Crippen LogP contribution in [-0.2, 0) is 64.9 Å². The molecule has 17 nitrogen and oxygen atoms in total. The quantitative estimate of drug-likeness (QED) is 0.0513. The minimum atomic E-state index is -1.15. The molecule has 6 aromatic rings. The fraction of sp³-hybridized carbons (Fsp3) is 0.333. The van der Waals surface area contributed by atoms with Gasteiger partial charge in [0.1, 0.15) is 38.3 Å². The molecule has 386 valence electrons. The Morgan fingerprint density at radius 1 is 0.827 bits per heavy atom. The lowest BCUT2D eigenvalue weighted by Crippen LogP contribution is -2.52. The Balaban J connectivity index is 0.708. The Bertz CT molecular complexity index is 3330. The molecule has 18 heteroatoms. The summed E-state index contributed by atoms with van der Waals surface area (Å²) >= 11 is 0. The average Bonchev–Trinajstić information content (AvgIpc) is 4.10. The van der Waals surface area contributed by atoms with E-state index in [1.54, 1.807) is 41.8 Å². The third-order valence-electron chi connectivity index (χ3n) is 15.2. The number of carbonyl (C=O) groups excluding carboxylic acids is 6. The molecule has 0 spiro atoms. The van der Waals surface area contributed by atoms with E-state index in [0.29, 0.717) is 87.8 Å². The van der Waals surface area contributed by atoms with Gasteiger partial charge in [-0.25, -0.2) is 14.2 Å². The van der Waals surface area contributed by atoms with Crippen molar-refractivity contribution in [2.24, 2.45) is 0 Å². The SMILES string of the molecule is CC[C@@]1(O)CCc2c1cc1n(c2=O)Cc2c-1nc1cc(F)c(C)c3c1c2[C@@H](C(=O)COCNC(=O)CNC(=O)C(Cc1ccccc1)NC(=O)CNC(=O)CNC(=O)OCC1c2ccccc2-c2ccccc21)CC3. The standard InChI is InChI=1S/C57H56FN7O10/c1-3-57(73)20-19-38-42(57)22-46-53-40(27-65(46)55(38)71)51-39(18-17-33-31(2)43(58)23-44(64-53)52(33)51)47(66)29-74-30-62-49(68)24-60-54(70)45(21-32-11-5-4-6-12-32)63-50(69)26-59-48(67)25-61-56(72)75-28-41-36-15-9-7-13-34(36)35-14-8-10-16-37(35)41/h4-16,22-23,39,41,45,73H,3,17-21,24-30H2,1-2H3,(H,59,67)(H,60,70)(H,61,72)(H,62,68)(H,63,69)/t39-,45?,57-/m1/s1. The van der Waals surface area contributed by atoms with Crippen molar-refractivity contribution in [3.05, 3.63) is 157 Å². The number of hydrogen-bond acceptors (Lipinski definition) is 11. The number of aryl methyl sites for hydroxylation is 1. The Hall–Kier alpha value is -8.09. The Morgan fingerprint density at radius 3 is 2.24 bits per heavy atom. The van der Waals surface area contributed by atoms with E-state index >= 15 is 4.39 Å². The summed E-state index contributed by atoms with van der Waals surface area (Å²) < 4.78 is 28.2. The van der Waals surface area contributed by atoms with Crippen LogP contribution in [0, 0.1) is 12.7 Å². The molecule has 6 N–H and O–H groups in total. The van der Waals surface area contributed by atoms with Gasteiger partial charge < -0.3 is 45.7 Å². The minimum Gasteiger partial charge on any atom is -0.449 e. The van der Waals surface area contributed by atoms with E-state index in [9.17, 15) is 38.7 Å². The third kappa shape index (κ3) is 9.90. The summed E-state index contributed by atoms with van der Waals surface area (Å²) in [6, 6.07) is 26.7. The number of aliphatic hydroxyl groups is 1. The van der Waals surface area contributed by atoms with E-state index in [2.05, 4.69) is 26.6 Å². The molecule has 75 heavy (non-hydrogen) atoms. The highest BCUT2D eigenvalue weighted by molar-refractivity contribution is 5.99. The van der Waals surface area contributed by atoms with Crippen LogP contribution >= 0.6 is 0 Å². The molecule has 0 radical (unpaired) electrons.